The van der Waals surface area contributed by atoms with E-state index >= 15 is 0 Å². The first kappa shape index (κ1) is 22.5. The maximum atomic E-state index is 12.5. The standard InChI is InChI=1S/C23H44O2/c1-5-9-13-19(7-3)17-21-15-11-12-16-23(21,22(24)25)18-20(8-4)14-10-6-2/h19-21H,5-18H2,1-4H3,(H,24,25). The van der Waals surface area contributed by atoms with Crippen molar-refractivity contribution in [3.8, 4) is 0 Å². The average Bonchev–Trinajstić information content (AvgIpc) is 2.62. The van der Waals surface area contributed by atoms with Crippen LogP contribution < -0.4 is 0 Å². The lowest BCUT2D eigenvalue weighted by Crippen LogP contribution is -2.43. The van der Waals surface area contributed by atoms with E-state index in [-0.39, 0.29) is 0 Å². The summed E-state index contributed by atoms with van der Waals surface area (Å²) in [7, 11) is 0. The van der Waals surface area contributed by atoms with Gasteiger partial charge in [0.25, 0.3) is 0 Å². The lowest BCUT2D eigenvalue weighted by molar-refractivity contribution is -0.158. The van der Waals surface area contributed by atoms with Gasteiger partial charge in [-0.15, -0.1) is 0 Å². The van der Waals surface area contributed by atoms with Crippen molar-refractivity contribution in [1.82, 2.24) is 0 Å². The maximum absolute atomic E-state index is 12.5. The van der Waals surface area contributed by atoms with Gasteiger partial charge in [-0.2, -0.15) is 0 Å². The molecule has 0 bridgehead atoms. The van der Waals surface area contributed by atoms with Crippen LogP contribution in [0.25, 0.3) is 0 Å². The molecule has 1 aliphatic carbocycles. The minimum Gasteiger partial charge on any atom is -0.481 e. The third kappa shape index (κ3) is 6.61. The highest BCUT2D eigenvalue weighted by atomic mass is 16.4. The van der Waals surface area contributed by atoms with Crippen LogP contribution in [0, 0.1) is 23.2 Å². The number of carboxylic acids is 1. The molecular formula is C23H44O2. The van der Waals surface area contributed by atoms with Gasteiger partial charge in [0.05, 0.1) is 5.41 Å². The van der Waals surface area contributed by atoms with E-state index in [2.05, 4.69) is 27.7 Å². The summed E-state index contributed by atoms with van der Waals surface area (Å²) in [5, 5.41) is 10.3. The molecule has 0 aromatic rings. The third-order valence-electron chi connectivity index (χ3n) is 6.99. The second-order valence-corrected chi connectivity index (χ2v) is 8.68. The predicted molar refractivity (Wildman–Crippen MR) is 108 cm³/mol. The summed E-state index contributed by atoms with van der Waals surface area (Å²) in [6.07, 6.45) is 16.3. The fourth-order valence-electron chi connectivity index (χ4n) is 5.13. The first-order valence-electron chi connectivity index (χ1n) is 11.3. The van der Waals surface area contributed by atoms with E-state index in [1.807, 2.05) is 0 Å². The van der Waals surface area contributed by atoms with Crippen molar-refractivity contribution < 1.29 is 9.90 Å². The van der Waals surface area contributed by atoms with Gasteiger partial charge in [-0.25, -0.2) is 0 Å². The van der Waals surface area contributed by atoms with Gasteiger partial charge in [-0.05, 0) is 43.4 Å². The van der Waals surface area contributed by atoms with Crippen LogP contribution in [0.1, 0.15) is 118 Å². The molecular weight excluding hydrogens is 308 g/mol. The number of unbranched alkanes of at least 4 members (excludes halogenated alkanes) is 2. The van der Waals surface area contributed by atoms with Crippen molar-refractivity contribution >= 4 is 5.97 Å². The molecule has 1 aliphatic rings. The Kier molecular flexibility index (Phi) is 10.8. The smallest absolute Gasteiger partial charge is 0.309 e. The number of carbonyl (C=O) groups is 1. The molecule has 0 amide bonds. The van der Waals surface area contributed by atoms with E-state index in [1.165, 1.54) is 51.4 Å². The number of hydrogen-bond donors (Lipinski definition) is 1. The SMILES string of the molecule is CCCCC(CC)CC1CCCCC1(CC(CC)CCCC)C(=O)O. The lowest BCUT2D eigenvalue weighted by atomic mass is 9.59. The molecule has 1 N–H and O–H groups in total. The Morgan fingerprint density at radius 1 is 1.00 bits per heavy atom. The minimum absolute atomic E-state index is 0.399. The molecule has 148 valence electrons. The van der Waals surface area contributed by atoms with Crippen molar-refractivity contribution in [3.63, 3.8) is 0 Å². The molecule has 25 heavy (non-hydrogen) atoms. The highest BCUT2D eigenvalue weighted by Crippen LogP contribution is 2.50. The zero-order valence-corrected chi connectivity index (χ0v) is 17.5. The van der Waals surface area contributed by atoms with Crippen LogP contribution in [-0.4, -0.2) is 11.1 Å². The Hall–Kier alpha value is -0.530. The zero-order chi connectivity index (χ0) is 18.7. The monoisotopic (exact) mass is 352 g/mol. The minimum atomic E-state index is -0.488. The Morgan fingerprint density at radius 3 is 2.12 bits per heavy atom. The second-order valence-electron chi connectivity index (χ2n) is 8.68. The number of carboxylic acid groups (broad SMARTS) is 1. The molecule has 0 saturated heterocycles. The molecule has 0 aromatic carbocycles. The van der Waals surface area contributed by atoms with Gasteiger partial charge >= 0.3 is 5.97 Å². The van der Waals surface area contributed by atoms with Crippen molar-refractivity contribution in [2.24, 2.45) is 23.2 Å². The quantitative estimate of drug-likeness (QED) is 0.373. The largest absolute Gasteiger partial charge is 0.481 e. The topological polar surface area (TPSA) is 37.3 Å². The molecule has 0 heterocycles. The highest BCUT2D eigenvalue weighted by Gasteiger charge is 2.48. The lowest BCUT2D eigenvalue weighted by Gasteiger charge is -2.44. The summed E-state index contributed by atoms with van der Waals surface area (Å²) < 4.78 is 0. The van der Waals surface area contributed by atoms with Crippen LogP contribution in [0.2, 0.25) is 0 Å². The summed E-state index contributed by atoms with van der Waals surface area (Å²) in [4.78, 5) is 12.5. The van der Waals surface area contributed by atoms with Gasteiger partial charge in [0.1, 0.15) is 0 Å². The van der Waals surface area contributed by atoms with E-state index in [4.69, 9.17) is 0 Å². The van der Waals surface area contributed by atoms with Crippen LogP contribution in [0.3, 0.4) is 0 Å². The van der Waals surface area contributed by atoms with Crippen LogP contribution in [0.4, 0.5) is 0 Å². The molecule has 0 aromatic heterocycles. The molecule has 2 heteroatoms. The van der Waals surface area contributed by atoms with E-state index in [0.29, 0.717) is 11.8 Å². The Balaban J connectivity index is 2.91. The van der Waals surface area contributed by atoms with Crippen LogP contribution in [-0.2, 0) is 4.79 Å². The normalized spacial score (nSPS) is 26.3. The van der Waals surface area contributed by atoms with E-state index < -0.39 is 11.4 Å². The van der Waals surface area contributed by atoms with Gasteiger partial charge in [-0.1, -0.05) is 91.9 Å². The summed E-state index contributed by atoms with van der Waals surface area (Å²) >= 11 is 0. The van der Waals surface area contributed by atoms with Gasteiger partial charge in [0.2, 0.25) is 0 Å². The zero-order valence-electron chi connectivity index (χ0n) is 17.5. The Labute approximate surface area is 157 Å². The highest BCUT2D eigenvalue weighted by molar-refractivity contribution is 5.75. The average molecular weight is 353 g/mol. The molecule has 2 nitrogen and oxygen atoms in total. The van der Waals surface area contributed by atoms with Gasteiger partial charge in [-0.3, -0.25) is 4.79 Å². The molecule has 0 aliphatic heterocycles. The molecule has 4 atom stereocenters. The molecule has 0 spiro atoms. The summed E-state index contributed by atoms with van der Waals surface area (Å²) in [5.41, 5.74) is -0.438. The fraction of sp³-hybridized carbons (Fsp3) is 0.957. The molecule has 4 unspecified atom stereocenters. The van der Waals surface area contributed by atoms with E-state index in [1.54, 1.807) is 0 Å². The molecule has 1 saturated carbocycles. The summed E-state index contributed by atoms with van der Waals surface area (Å²) in [5.74, 6) is 1.22. The predicted octanol–water partition coefficient (Wildman–Crippen LogP) is 7.46. The summed E-state index contributed by atoms with van der Waals surface area (Å²) in [6, 6.07) is 0. The van der Waals surface area contributed by atoms with Crippen molar-refractivity contribution in [2.75, 3.05) is 0 Å². The second kappa shape index (κ2) is 12.0. The number of aliphatic carboxylic acids is 1. The summed E-state index contributed by atoms with van der Waals surface area (Å²) in [6.45, 7) is 9.04. The van der Waals surface area contributed by atoms with E-state index in [0.717, 1.165) is 44.4 Å². The molecule has 0 radical (unpaired) electrons. The van der Waals surface area contributed by atoms with Crippen LogP contribution in [0.5, 0.6) is 0 Å². The van der Waals surface area contributed by atoms with E-state index in [9.17, 15) is 9.90 Å². The number of hydrogen-bond acceptors (Lipinski definition) is 1. The fourth-order valence-corrected chi connectivity index (χ4v) is 5.13. The first-order chi connectivity index (χ1) is 12.0. The Bertz CT molecular complexity index is 365. The molecule has 1 fully saturated rings. The number of rotatable bonds is 13. The van der Waals surface area contributed by atoms with Crippen molar-refractivity contribution in [1.29, 1.82) is 0 Å². The molecule has 1 rings (SSSR count). The third-order valence-corrected chi connectivity index (χ3v) is 6.99. The first-order valence-corrected chi connectivity index (χ1v) is 11.3. The maximum Gasteiger partial charge on any atom is 0.309 e. The van der Waals surface area contributed by atoms with Gasteiger partial charge < -0.3 is 5.11 Å². The van der Waals surface area contributed by atoms with Crippen LogP contribution >= 0.6 is 0 Å². The van der Waals surface area contributed by atoms with Gasteiger partial charge in [0, 0.05) is 0 Å². The van der Waals surface area contributed by atoms with Crippen LogP contribution in [0.15, 0.2) is 0 Å². The van der Waals surface area contributed by atoms with Gasteiger partial charge in [0.15, 0.2) is 0 Å². The van der Waals surface area contributed by atoms with Crippen molar-refractivity contribution in [3.05, 3.63) is 0 Å². The van der Waals surface area contributed by atoms with Crippen molar-refractivity contribution in [2.45, 2.75) is 118 Å². The Morgan fingerprint density at radius 2 is 1.60 bits per heavy atom.